The first-order valence-electron chi connectivity index (χ1n) is 6.75. The van der Waals surface area contributed by atoms with Gasteiger partial charge in [0.1, 0.15) is 0 Å². The Labute approximate surface area is 126 Å². The van der Waals surface area contributed by atoms with E-state index in [0.29, 0.717) is 18.0 Å². The third-order valence-corrected chi connectivity index (χ3v) is 4.75. The molecular weight excluding hydrogens is 290 g/mol. The largest absolute Gasteiger partial charge is 0.409 e. The van der Waals surface area contributed by atoms with Crippen LogP contribution in [0.15, 0.2) is 34.3 Å². The van der Waals surface area contributed by atoms with Crippen molar-refractivity contribution < 1.29 is 13.6 Å². The summed E-state index contributed by atoms with van der Waals surface area (Å²) in [6.07, 6.45) is 0. The molecule has 0 radical (unpaired) electrons. The van der Waals surface area contributed by atoms with Gasteiger partial charge in [-0.05, 0) is 37.2 Å². The molecule has 118 valence electrons. The molecule has 0 atom stereocenters. The highest BCUT2D eigenvalue weighted by atomic mass is 32.2. The third kappa shape index (κ3) is 5.35. The SMILES string of the molecule is CC(C)CN(C)CCS(=O)(=O)c1ccc(/C(N)=N/O)cc1. The fraction of sp³-hybridized carbons (Fsp3) is 0.500. The van der Waals surface area contributed by atoms with E-state index in [4.69, 9.17) is 10.9 Å². The highest BCUT2D eigenvalue weighted by molar-refractivity contribution is 7.91. The highest BCUT2D eigenvalue weighted by Crippen LogP contribution is 2.13. The molecule has 0 bridgehead atoms. The van der Waals surface area contributed by atoms with Gasteiger partial charge in [0.2, 0.25) is 0 Å². The number of nitrogens with two attached hydrogens (primary N) is 1. The second-order valence-corrected chi connectivity index (χ2v) is 7.59. The lowest BCUT2D eigenvalue weighted by Gasteiger charge is -2.18. The van der Waals surface area contributed by atoms with Gasteiger partial charge in [-0.25, -0.2) is 8.42 Å². The third-order valence-electron chi connectivity index (χ3n) is 3.04. The van der Waals surface area contributed by atoms with Gasteiger partial charge < -0.3 is 15.8 Å². The minimum Gasteiger partial charge on any atom is -0.409 e. The summed E-state index contributed by atoms with van der Waals surface area (Å²) in [6.45, 7) is 5.54. The van der Waals surface area contributed by atoms with Crippen LogP contribution in [0.25, 0.3) is 0 Å². The second-order valence-electron chi connectivity index (χ2n) is 5.48. The van der Waals surface area contributed by atoms with Gasteiger partial charge in [-0.1, -0.05) is 19.0 Å². The molecule has 0 saturated carbocycles. The van der Waals surface area contributed by atoms with Gasteiger partial charge in [-0.15, -0.1) is 0 Å². The summed E-state index contributed by atoms with van der Waals surface area (Å²) in [5.41, 5.74) is 5.92. The van der Waals surface area contributed by atoms with Crippen molar-refractivity contribution in [2.75, 3.05) is 25.9 Å². The molecule has 7 heteroatoms. The molecule has 0 unspecified atom stereocenters. The average Bonchev–Trinajstić information content (AvgIpc) is 2.44. The molecule has 0 amide bonds. The fourth-order valence-electron chi connectivity index (χ4n) is 2.00. The zero-order valence-electron chi connectivity index (χ0n) is 12.7. The molecule has 1 aromatic carbocycles. The van der Waals surface area contributed by atoms with Crippen LogP contribution in [-0.4, -0.2) is 50.3 Å². The van der Waals surface area contributed by atoms with Crippen LogP contribution in [0, 0.1) is 5.92 Å². The first kappa shape index (κ1) is 17.5. The molecule has 0 fully saturated rings. The van der Waals surface area contributed by atoms with Gasteiger partial charge in [0.15, 0.2) is 15.7 Å². The van der Waals surface area contributed by atoms with E-state index in [1.807, 2.05) is 11.9 Å². The Bertz CT molecular complexity index is 580. The molecule has 21 heavy (non-hydrogen) atoms. The zero-order chi connectivity index (χ0) is 16.0. The Kier molecular flexibility index (Phi) is 6.17. The summed E-state index contributed by atoms with van der Waals surface area (Å²) in [6, 6.07) is 6.01. The molecule has 0 saturated heterocycles. The number of oxime groups is 1. The normalized spacial score (nSPS) is 13.1. The Morgan fingerprint density at radius 2 is 1.90 bits per heavy atom. The monoisotopic (exact) mass is 313 g/mol. The Hall–Kier alpha value is -1.60. The average molecular weight is 313 g/mol. The second kappa shape index (κ2) is 7.42. The molecule has 0 aromatic heterocycles. The molecule has 0 heterocycles. The molecule has 6 nitrogen and oxygen atoms in total. The van der Waals surface area contributed by atoms with Crippen molar-refractivity contribution in [3.05, 3.63) is 29.8 Å². The van der Waals surface area contributed by atoms with Crippen LogP contribution in [-0.2, 0) is 9.84 Å². The number of rotatable bonds is 7. The van der Waals surface area contributed by atoms with Crippen molar-refractivity contribution in [1.29, 1.82) is 0 Å². The molecule has 0 spiro atoms. The lowest BCUT2D eigenvalue weighted by atomic mass is 10.2. The van der Waals surface area contributed by atoms with E-state index in [1.54, 1.807) is 0 Å². The van der Waals surface area contributed by atoms with Crippen LogP contribution >= 0.6 is 0 Å². The summed E-state index contributed by atoms with van der Waals surface area (Å²) >= 11 is 0. The molecular formula is C14H23N3O3S. The highest BCUT2D eigenvalue weighted by Gasteiger charge is 2.16. The molecule has 1 rings (SSSR count). The molecule has 1 aromatic rings. The maximum Gasteiger partial charge on any atom is 0.179 e. The number of sulfone groups is 1. The summed E-state index contributed by atoms with van der Waals surface area (Å²) in [5, 5.41) is 11.4. The van der Waals surface area contributed by atoms with Gasteiger partial charge in [0.05, 0.1) is 10.6 Å². The number of hydrogen-bond donors (Lipinski definition) is 2. The van der Waals surface area contributed by atoms with Gasteiger partial charge in [-0.2, -0.15) is 0 Å². The van der Waals surface area contributed by atoms with E-state index in [9.17, 15) is 8.42 Å². The van der Waals surface area contributed by atoms with E-state index < -0.39 is 9.84 Å². The predicted octanol–water partition coefficient (Wildman–Crippen LogP) is 1.14. The number of amidine groups is 1. The number of nitrogens with zero attached hydrogens (tertiary/aromatic N) is 2. The maximum atomic E-state index is 12.2. The Morgan fingerprint density at radius 1 is 1.33 bits per heavy atom. The van der Waals surface area contributed by atoms with Crippen LogP contribution in [0.1, 0.15) is 19.4 Å². The van der Waals surface area contributed by atoms with Crippen molar-refractivity contribution in [3.63, 3.8) is 0 Å². The fourth-order valence-corrected chi connectivity index (χ4v) is 3.34. The first-order valence-corrected chi connectivity index (χ1v) is 8.40. The smallest absolute Gasteiger partial charge is 0.179 e. The van der Waals surface area contributed by atoms with Crippen LogP contribution in [0.3, 0.4) is 0 Å². The predicted molar refractivity (Wildman–Crippen MR) is 83.3 cm³/mol. The van der Waals surface area contributed by atoms with Crippen molar-refractivity contribution in [2.45, 2.75) is 18.7 Å². The lowest BCUT2D eigenvalue weighted by molar-refractivity contribution is 0.311. The lowest BCUT2D eigenvalue weighted by Crippen LogP contribution is -2.29. The Morgan fingerprint density at radius 3 is 2.38 bits per heavy atom. The van der Waals surface area contributed by atoms with Crippen LogP contribution in [0.2, 0.25) is 0 Å². The standard InChI is InChI=1S/C14H23N3O3S/c1-11(2)10-17(3)8-9-21(19,20)13-6-4-12(5-7-13)14(15)16-18/h4-7,11,18H,8-10H2,1-3H3,(H2,15,16). The Balaban J connectivity index is 2.75. The first-order chi connectivity index (χ1) is 9.76. The van der Waals surface area contributed by atoms with Gasteiger partial charge in [-0.3, -0.25) is 0 Å². The molecule has 0 aliphatic heterocycles. The minimum absolute atomic E-state index is 0.0457. The van der Waals surface area contributed by atoms with E-state index in [1.165, 1.54) is 24.3 Å². The van der Waals surface area contributed by atoms with Gasteiger partial charge >= 0.3 is 0 Å². The quantitative estimate of drug-likeness (QED) is 0.341. The van der Waals surface area contributed by atoms with Crippen LogP contribution < -0.4 is 5.73 Å². The topological polar surface area (TPSA) is 96.0 Å². The summed E-state index contributed by atoms with van der Waals surface area (Å²) < 4.78 is 24.5. The van der Waals surface area contributed by atoms with E-state index in [2.05, 4.69) is 19.0 Å². The van der Waals surface area contributed by atoms with Crippen molar-refractivity contribution >= 4 is 15.7 Å². The van der Waals surface area contributed by atoms with E-state index >= 15 is 0 Å². The summed E-state index contributed by atoms with van der Waals surface area (Å²) in [5.74, 6) is 0.521. The minimum atomic E-state index is -3.33. The van der Waals surface area contributed by atoms with Gasteiger partial charge in [0, 0.05) is 18.7 Å². The van der Waals surface area contributed by atoms with Crippen molar-refractivity contribution in [2.24, 2.45) is 16.8 Å². The zero-order valence-corrected chi connectivity index (χ0v) is 13.5. The van der Waals surface area contributed by atoms with Crippen molar-refractivity contribution in [1.82, 2.24) is 4.90 Å². The number of hydrogen-bond acceptors (Lipinski definition) is 5. The van der Waals surface area contributed by atoms with Crippen LogP contribution in [0.5, 0.6) is 0 Å². The molecule has 3 N–H and O–H groups in total. The van der Waals surface area contributed by atoms with E-state index in [-0.39, 0.29) is 16.5 Å². The van der Waals surface area contributed by atoms with Crippen LogP contribution in [0.4, 0.5) is 0 Å². The van der Waals surface area contributed by atoms with Crippen molar-refractivity contribution in [3.8, 4) is 0 Å². The maximum absolute atomic E-state index is 12.2. The molecule has 0 aliphatic rings. The van der Waals surface area contributed by atoms with Gasteiger partial charge in [0.25, 0.3) is 0 Å². The molecule has 0 aliphatic carbocycles. The van der Waals surface area contributed by atoms with E-state index in [0.717, 1.165) is 6.54 Å². The summed E-state index contributed by atoms with van der Waals surface area (Å²) in [7, 11) is -1.41. The number of benzene rings is 1. The summed E-state index contributed by atoms with van der Waals surface area (Å²) in [4.78, 5) is 2.25.